The first-order chi connectivity index (χ1) is 12.6. The van der Waals surface area contributed by atoms with Crippen LogP contribution >= 0.6 is 23.4 Å². The van der Waals surface area contributed by atoms with Crippen LogP contribution in [0.25, 0.3) is 0 Å². The van der Waals surface area contributed by atoms with Gasteiger partial charge < -0.3 is 4.90 Å². The van der Waals surface area contributed by atoms with Gasteiger partial charge >= 0.3 is 6.18 Å². The number of halogens is 4. The van der Waals surface area contributed by atoms with Crippen molar-refractivity contribution >= 4 is 35.4 Å². The van der Waals surface area contributed by atoms with Gasteiger partial charge in [0.15, 0.2) is 0 Å². The highest BCUT2D eigenvalue weighted by molar-refractivity contribution is 7.99. The Balaban J connectivity index is 2.30. The molecule has 0 aliphatic rings. The summed E-state index contributed by atoms with van der Waals surface area (Å²) >= 11 is 7.35. The van der Waals surface area contributed by atoms with Gasteiger partial charge in [-0.3, -0.25) is 0 Å². The summed E-state index contributed by atoms with van der Waals surface area (Å²) in [5.41, 5.74) is 2.02. The molecule has 0 aliphatic heterocycles. The monoisotopic (exact) mass is 414 g/mol. The average Bonchev–Trinajstić information content (AvgIpc) is 2.57. The fourth-order valence-electron chi connectivity index (χ4n) is 2.47. The van der Waals surface area contributed by atoms with Crippen LogP contribution in [0, 0.1) is 13.8 Å². The molecule has 0 N–H and O–H groups in total. The molecule has 0 amide bonds. The van der Waals surface area contributed by atoms with Crippen LogP contribution in [0.2, 0.25) is 5.02 Å². The third-order valence-corrected chi connectivity index (χ3v) is 5.60. The van der Waals surface area contributed by atoms with E-state index < -0.39 is 11.7 Å². The fourth-order valence-corrected chi connectivity index (χ4v) is 3.75. The predicted molar refractivity (Wildman–Crippen MR) is 108 cm³/mol. The van der Waals surface area contributed by atoms with Crippen LogP contribution in [-0.2, 0) is 6.18 Å². The first-order valence-electron chi connectivity index (χ1n) is 8.52. The lowest BCUT2D eigenvalue weighted by molar-refractivity contribution is -0.137. The Morgan fingerprint density at radius 2 is 1.81 bits per heavy atom. The molecular weight excluding hydrogens is 393 g/mol. The van der Waals surface area contributed by atoms with Gasteiger partial charge in [0.25, 0.3) is 0 Å². The summed E-state index contributed by atoms with van der Waals surface area (Å²) in [6, 6.07) is 7.25. The van der Waals surface area contributed by atoms with Crippen LogP contribution in [0.4, 0.5) is 18.9 Å². The van der Waals surface area contributed by atoms with Crippen LogP contribution in [0.5, 0.6) is 0 Å². The molecule has 2 rings (SSSR count). The zero-order chi connectivity index (χ0) is 20.2. The van der Waals surface area contributed by atoms with E-state index in [9.17, 15) is 13.2 Å². The summed E-state index contributed by atoms with van der Waals surface area (Å²) in [5, 5.41) is 0.299. The molecule has 0 saturated heterocycles. The molecule has 0 unspecified atom stereocenters. The van der Waals surface area contributed by atoms with Crippen molar-refractivity contribution < 1.29 is 13.2 Å². The minimum Gasteiger partial charge on any atom is -0.366 e. The molecule has 0 aromatic heterocycles. The van der Waals surface area contributed by atoms with Gasteiger partial charge in [0.1, 0.15) is 0 Å². The summed E-state index contributed by atoms with van der Waals surface area (Å²) in [6.07, 6.45) is -1.57. The van der Waals surface area contributed by atoms with E-state index in [1.165, 1.54) is 17.8 Å². The maximum absolute atomic E-state index is 13.0. The van der Waals surface area contributed by atoms with Crippen molar-refractivity contribution in [1.82, 2.24) is 4.90 Å². The molecule has 0 saturated carbocycles. The van der Waals surface area contributed by atoms with Gasteiger partial charge in [0.05, 0.1) is 22.6 Å². The van der Waals surface area contributed by atoms with Crippen molar-refractivity contribution in [3.8, 4) is 0 Å². The maximum Gasteiger partial charge on any atom is 0.416 e. The van der Waals surface area contributed by atoms with Crippen molar-refractivity contribution in [1.29, 1.82) is 0 Å². The lowest BCUT2D eigenvalue weighted by Gasteiger charge is -2.14. The van der Waals surface area contributed by atoms with Crippen molar-refractivity contribution in [2.45, 2.75) is 43.2 Å². The number of hydrogen-bond acceptors (Lipinski definition) is 2. The minimum absolute atomic E-state index is 0.299. The van der Waals surface area contributed by atoms with Gasteiger partial charge in [0, 0.05) is 23.4 Å². The van der Waals surface area contributed by atoms with E-state index in [0.29, 0.717) is 9.92 Å². The van der Waals surface area contributed by atoms with E-state index >= 15 is 0 Å². The summed E-state index contributed by atoms with van der Waals surface area (Å²) in [4.78, 5) is 7.77. The summed E-state index contributed by atoms with van der Waals surface area (Å²) < 4.78 is 38.9. The second kappa shape index (κ2) is 9.02. The Labute approximate surface area is 167 Å². The van der Waals surface area contributed by atoms with Gasteiger partial charge in [-0.05, 0) is 61.7 Å². The summed E-state index contributed by atoms with van der Waals surface area (Å²) in [6.45, 7) is 6.87. The van der Waals surface area contributed by atoms with E-state index in [1.54, 1.807) is 6.34 Å². The Bertz CT molecular complexity index is 835. The van der Waals surface area contributed by atoms with Gasteiger partial charge in [-0.15, -0.1) is 0 Å². The maximum atomic E-state index is 13.0. The molecule has 2 aromatic carbocycles. The summed E-state index contributed by atoms with van der Waals surface area (Å²) in [7, 11) is 1.97. The van der Waals surface area contributed by atoms with Gasteiger partial charge in [-0.1, -0.05) is 30.3 Å². The van der Waals surface area contributed by atoms with Gasteiger partial charge in [-0.2, -0.15) is 13.2 Å². The molecule has 2 aromatic rings. The molecule has 0 spiro atoms. The number of aliphatic imine (C=N–C) groups is 1. The van der Waals surface area contributed by atoms with Crippen LogP contribution < -0.4 is 0 Å². The molecule has 7 heteroatoms. The largest absolute Gasteiger partial charge is 0.416 e. The zero-order valence-electron chi connectivity index (χ0n) is 15.7. The normalized spacial score (nSPS) is 12.0. The molecule has 2 nitrogen and oxygen atoms in total. The summed E-state index contributed by atoms with van der Waals surface area (Å²) in [5.74, 6) is 0. The smallest absolute Gasteiger partial charge is 0.366 e. The van der Waals surface area contributed by atoms with E-state index in [-0.39, 0.29) is 0 Å². The van der Waals surface area contributed by atoms with Crippen LogP contribution in [-0.4, -0.2) is 24.8 Å². The van der Waals surface area contributed by atoms with Crippen molar-refractivity contribution in [2.75, 3.05) is 13.6 Å². The Hall–Kier alpha value is -1.66. The van der Waals surface area contributed by atoms with E-state index in [1.807, 2.05) is 37.9 Å². The molecule has 0 aliphatic carbocycles. The highest BCUT2D eigenvalue weighted by atomic mass is 35.5. The number of nitrogens with zero attached hydrogens (tertiary/aromatic N) is 2. The van der Waals surface area contributed by atoms with Crippen LogP contribution in [0.15, 0.2) is 45.1 Å². The molecule has 0 radical (unpaired) electrons. The molecule has 0 fully saturated rings. The van der Waals surface area contributed by atoms with Gasteiger partial charge in [0.2, 0.25) is 0 Å². The van der Waals surface area contributed by atoms with Crippen molar-refractivity contribution in [2.24, 2.45) is 4.99 Å². The number of benzene rings is 2. The van der Waals surface area contributed by atoms with E-state index in [4.69, 9.17) is 11.6 Å². The first kappa shape index (κ1) is 21.6. The third-order valence-electron chi connectivity index (χ3n) is 3.94. The van der Waals surface area contributed by atoms with E-state index in [0.717, 1.165) is 46.8 Å². The first-order valence-corrected chi connectivity index (χ1v) is 9.71. The molecule has 0 bridgehead atoms. The number of hydrogen-bond donors (Lipinski definition) is 0. The molecular formula is C20H22ClF3N2S. The minimum atomic E-state index is -4.39. The highest BCUT2D eigenvalue weighted by Crippen LogP contribution is 2.40. The fraction of sp³-hybridized carbons (Fsp3) is 0.350. The molecule has 0 atom stereocenters. The lowest BCUT2D eigenvalue weighted by atomic mass is 10.1. The number of aryl methyl sites for hydroxylation is 2. The predicted octanol–water partition coefficient (Wildman–Crippen LogP) is 7.13. The standard InChI is InChI=1S/C20H22ClF3N2S/c1-5-8-26(4)12-25-17-9-14(3)18(10-13(17)2)27-19-11-15(20(22,23)24)6-7-16(19)21/h6-7,9-12H,5,8H2,1-4H3. The molecule has 0 heterocycles. The second-order valence-electron chi connectivity index (χ2n) is 6.37. The topological polar surface area (TPSA) is 15.6 Å². The Kier molecular flexibility index (Phi) is 7.23. The van der Waals surface area contributed by atoms with Crippen molar-refractivity contribution in [3.63, 3.8) is 0 Å². The van der Waals surface area contributed by atoms with Gasteiger partial charge in [-0.25, -0.2) is 4.99 Å². The molecule has 27 heavy (non-hydrogen) atoms. The van der Waals surface area contributed by atoms with Crippen molar-refractivity contribution in [3.05, 3.63) is 52.0 Å². The molecule has 146 valence electrons. The lowest BCUT2D eigenvalue weighted by Crippen LogP contribution is -2.16. The van der Waals surface area contributed by atoms with E-state index in [2.05, 4.69) is 11.9 Å². The second-order valence-corrected chi connectivity index (χ2v) is 7.87. The SMILES string of the molecule is CCCN(C)C=Nc1cc(C)c(Sc2cc(C(F)(F)F)ccc2Cl)cc1C. The number of alkyl halides is 3. The number of rotatable bonds is 6. The zero-order valence-corrected chi connectivity index (χ0v) is 17.3. The van der Waals surface area contributed by atoms with Crippen LogP contribution in [0.3, 0.4) is 0 Å². The Morgan fingerprint density at radius 1 is 1.11 bits per heavy atom. The average molecular weight is 415 g/mol. The quantitative estimate of drug-likeness (QED) is 0.369. The highest BCUT2D eigenvalue weighted by Gasteiger charge is 2.31. The third kappa shape index (κ3) is 5.91. The van der Waals surface area contributed by atoms with Crippen LogP contribution in [0.1, 0.15) is 30.0 Å². The Morgan fingerprint density at radius 3 is 2.44 bits per heavy atom.